The Kier molecular flexibility index (Phi) is 3.89. The highest BCUT2D eigenvalue weighted by molar-refractivity contribution is 5.43. The number of aromatic nitrogens is 1. The zero-order chi connectivity index (χ0) is 10.6. The molecule has 0 spiro atoms. The standard InChI is InChI=1S/C11H18N2O/c1-8(2)10(7-14)13-11-9(3)5-4-6-12-11/h4-6,8,10,14H,7H2,1-3H3,(H,12,13). The number of hydrogen-bond acceptors (Lipinski definition) is 3. The van der Waals surface area contributed by atoms with Crippen molar-refractivity contribution in [3.05, 3.63) is 23.9 Å². The van der Waals surface area contributed by atoms with Crippen LogP contribution in [0.5, 0.6) is 0 Å². The molecular formula is C11H18N2O. The molecule has 78 valence electrons. The zero-order valence-electron chi connectivity index (χ0n) is 8.99. The van der Waals surface area contributed by atoms with E-state index < -0.39 is 0 Å². The first kappa shape index (κ1) is 11.0. The maximum absolute atomic E-state index is 9.16. The highest BCUT2D eigenvalue weighted by Crippen LogP contribution is 2.13. The third kappa shape index (κ3) is 2.70. The lowest BCUT2D eigenvalue weighted by Crippen LogP contribution is -2.30. The van der Waals surface area contributed by atoms with Gasteiger partial charge in [0.05, 0.1) is 12.6 Å². The number of aryl methyl sites for hydroxylation is 1. The Morgan fingerprint density at radius 3 is 2.71 bits per heavy atom. The van der Waals surface area contributed by atoms with E-state index in [1.54, 1.807) is 6.20 Å². The third-order valence-corrected chi connectivity index (χ3v) is 2.33. The molecule has 3 nitrogen and oxygen atoms in total. The number of rotatable bonds is 4. The van der Waals surface area contributed by atoms with Crippen LogP contribution in [0.15, 0.2) is 18.3 Å². The first-order valence-corrected chi connectivity index (χ1v) is 4.94. The minimum absolute atomic E-state index is 0.0728. The van der Waals surface area contributed by atoms with Crippen molar-refractivity contribution in [3.8, 4) is 0 Å². The molecule has 0 aliphatic rings. The lowest BCUT2D eigenvalue weighted by atomic mass is 10.1. The van der Waals surface area contributed by atoms with E-state index in [0.29, 0.717) is 5.92 Å². The molecule has 0 fully saturated rings. The molecule has 1 rings (SSSR count). The molecule has 0 aromatic carbocycles. The molecule has 2 N–H and O–H groups in total. The Bertz CT molecular complexity index is 286. The second kappa shape index (κ2) is 4.96. The van der Waals surface area contributed by atoms with E-state index in [9.17, 15) is 0 Å². The van der Waals surface area contributed by atoms with Gasteiger partial charge in [-0.05, 0) is 24.5 Å². The van der Waals surface area contributed by atoms with E-state index in [1.807, 2.05) is 19.1 Å². The van der Waals surface area contributed by atoms with E-state index in [-0.39, 0.29) is 12.6 Å². The zero-order valence-corrected chi connectivity index (χ0v) is 8.99. The summed E-state index contributed by atoms with van der Waals surface area (Å²) in [6, 6.07) is 3.98. The van der Waals surface area contributed by atoms with Gasteiger partial charge in [0.15, 0.2) is 0 Å². The number of aliphatic hydroxyl groups is 1. The Labute approximate surface area is 85.2 Å². The smallest absolute Gasteiger partial charge is 0.129 e. The van der Waals surface area contributed by atoms with E-state index in [0.717, 1.165) is 11.4 Å². The number of nitrogens with one attached hydrogen (secondary N) is 1. The van der Waals surface area contributed by atoms with Crippen LogP contribution in [0.1, 0.15) is 19.4 Å². The molecular weight excluding hydrogens is 176 g/mol. The summed E-state index contributed by atoms with van der Waals surface area (Å²) in [6.45, 7) is 6.29. The van der Waals surface area contributed by atoms with Crippen molar-refractivity contribution in [1.29, 1.82) is 0 Å². The molecule has 0 bridgehead atoms. The minimum Gasteiger partial charge on any atom is -0.394 e. The van der Waals surface area contributed by atoms with Crippen LogP contribution in [0.3, 0.4) is 0 Å². The van der Waals surface area contributed by atoms with Crippen LogP contribution in [0.25, 0.3) is 0 Å². The molecule has 1 aromatic heterocycles. The van der Waals surface area contributed by atoms with Crippen molar-refractivity contribution in [3.63, 3.8) is 0 Å². The maximum atomic E-state index is 9.16. The van der Waals surface area contributed by atoms with Crippen molar-refractivity contribution in [1.82, 2.24) is 4.98 Å². The average Bonchev–Trinajstić information content (AvgIpc) is 2.16. The maximum Gasteiger partial charge on any atom is 0.129 e. The molecule has 0 aliphatic carbocycles. The second-order valence-corrected chi connectivity index (χ2v) is 3.85. The van der Waals surface area contributed by atoms with Gasteiger partial charge in [-0.2, -0.15) is 0 Å². The molecule has 1 unspecified atom stereocenters. The summed E-state index contributed by atoms with van der Waals surface area (Å²) < 4.78 is 0. The van der Waals surface area contributed by atoms with Crippen LogP contribution in [-0.4, -0.2) is 22.7 Å². The van der Waals surface area contributed by atoms with Gasteiger partial charge in [0.2, 0.25) is 0 Å². The number of aliphatic hydroxyl groups excluding tert-OH is 1. The van der Waals surface area contributed by atoms with Crippen LogP contribution in [-0.2, 0) is 0 Å². The van der Waals surface area contributed by atoms with Gasteiger partial charge in [-0.25, -0.2) is 4.98 Å². The summed E-state index contributed by atoms with van der Waals surface area (Å²) >= 11 is 0. The number of hydrogen-bond donors (Lipinski definition) is 2. The molecule has 1 atom stereocenters. The normalized spacial score (nSPS) is 12.9. The van der Waals surface area contributed by atoms with Crippen LogP contribution in [0.4, 0.5) is 5.82 Å². The minimum atomic E-state index is 0.0728. The predicted molar refractivity (Wildman–Crippen MR) is 58.3 cm³/mol. The average molecular weight is 194 g/mol. The van der Waals surface area contributed by atoms with Gasteiger partial charge >= 0.3 is 0 Å². The third-order valence-electron chi connectivity index (χ3n) is 2.33. The highest BCUT2D eigenvalue weighted by atomic mass is 16.3. The second-order valence-electron chi connectivity index (χ2n) is 3.85. The topological polar surface area (TPSA) is 45.2 Å². The van der Waals surface area contributed by atoms with Gasteiger partial charge in [0.1, 0.15) is 5.82 Å². The molecule has 1 aromatic rings. The van der Waals surface area contributed by atoms with Crippen molar-refractivity contribution in [2.45, 2.75) is 26.8 Å². The Hall–Kier alpha value is -1.09. The summed E-state index contributed by atoms with van der Waals surface area (Å²) in [5, 5.41) is 12.4. The Balaban J connectivity index is 2.72. The quantitative estimate of drug-likeness (QED) is 0.768. The lowest BCUT2D eigenvalue weighted by molar-refractivity contribution is 0.249. The first-order chi connectivity index (χ1) is 6.65. The molecule has 0 amide bonds. The number of pyridine rings is 1. The van der Waals surface area contributed by atoms with Crippen molar-refractivity contribution in [2.24, 2.45) is 5.92 Å². The number of anilines is 1. The fourth-order valence-corrected chi connectivity index (χ4v) is 1.24. The fourth-order valence-electron chi connectivity index (χ4n) is 1.24. The highest BCUT2D eigenvalue weighted by Gasteiger charge is 2.12. The van der Waals surface area contributed by atoms with Gasteiger partial charge in [0.25, 0.3) is 0 Å². The van der Waals surface area contributed by atoms with Gasteiger partial charge in [-0.3, -0.25) is 0 Å². The van der Waals surface area contributed by atoms with Crippen molar-refractivity contribution >= 4 is 5.82 Å². The molecule has 0 saturated heterocycles. The van der Waals surface area contributed by atoms with Gasteiger partial charge in [-0.1, -0.05) is 19.9 Å². The lowest BCUT2D eigenvalue weighted by Gasteiger charge is -2.21. The Morgan fingerprint density at radius 1 is 1.50 bits per heavy atom. The van der Waals surface area contributed by atoms with Crippen LogP contribution >= 0.6 is 0 Å². The van der Waals surface area contributed by atoms with Gasteiger partial charge in [-0.15, -0.1) is 0 Å². The van der Waals surface area contributed by atoms with E-state index in [4.69, 9.17) is 5.11 Å². The molecule has 0 radical (unpaired) electrons. The molecule has 0 saturated carbocycles. The largest absolute Gasteiger partial charge is 0.394 e. The summed E-state index contributed by atoms with van der Waals surface area (Å²) in [7, 11) is 0. The first-order valence-electron chi connectivity index (χ1n) is 4.94. The van der Waals surface area contributed by atoms with Crippen molar-refractivity contribution in [2.75, 3.05) is 11.9 Å². The number of nitrogens with zero attached hydrogens (tertiary/aromatic N) is 1. The summed E-state index contributed by atoms with van der Waals surface area (Å²) in [5.41, 5.74) is 1.10. The van der Waals surface area contributed by atoms with E-state index >= 15 is 0 Å². The molecule has 14 heavy (non-hydrogen) atoms. The van der Waals surface area contributed by atoms with Crippen LogP contribution in [0.2, 0.25) is 0 Å². The predicted octanol–water partition coefficient (Wildman–Crippen LogP) is 1.82. The summed E-state index contributed by atoms with van der Waals surface area (Å²) in [5.74, 6) is 1.25. The fraction of sp³-hybridized carbons (Fsp3) is 0.545. The van der Waals surface area contributed by atoms with Crippen LogP contribution in [0, 0.1) is 12.8 Å². The SMILES string of the molecule is Cc1cccnc1NC(CO)C(C)C. The molecule has 0 aliphatic heterocycles. The van der Waals surface area contributed by atoms with Crippen molar-refractivity contribution < 1.29 is 5.11 Å². The summed E-state index contributed by atoms with van der Waals surface area (Å²) in [6.07, 6.45) is 1.75. The Morgan fingerprint density at radius 2 is 2.21 bits per heavy atom. The van der Waals surface area contributed by atoms with Crippen LogP contribution < -0.4 is 5.32 Å². The van der Waals surface area contributed by atoms with E-state index in [2.05, 4.69) is 24.1 Å². The monoisotopic (exact) mass is 194 g/mol. The molecule has 3 heteroatoms. The van der Waals surface area contributed by atoms with E-state index in [1.165, 1.54) is 0 Å². The van der Waals surface area contributed by atoms with Gasteiger partial charge < -0.3 is 10.4 Å². The molecule has 1 heterocycles. The summed E-state index contributed by atoms with van der Waals surface area (Å²) in [4.78, 5) is 4.23. The van der Waals surface area contributed by atoms with Gasteiger partial charge in [0, 0.05) is 6.20 Å².